The SMILES string of the molecule is Cc1ccc(O)c([C@H](C)c2ccc(N/N=C/c3ccc([N+](=O)[O-])cc3)cc2)c1. The second kappa shape index (κ2) is 8.35. The molecule has 142 valence electrons. The van der Waals surface area contributed by atoms with Crippen molar-refractivity contribution >= 4 is 17.6 Å². The fourth-order valence-corrected chi connectivity index (χ4v) is 2.91. The van der Waals surface area contributed by atoms with Gasteiger partial charge < -0.3 is 5.11 Å². The second-order valence-electron chi connectivity index (χ2n) is 6.62. The van der Waals surface area contributed by atoms with Crippen LogP contribution in [0.25, 0.3) is 0 Å². The van der Waals surface area contributed by atoms with Gasteiger partial charge in [0.2, 0.25) is 0 Å². The highest BCUT2D eigenvalue weighted by Gasteiger charge is 2.12. The summed E-state index contributed by atoms with van der Waals surface area (Å²) < 4.78 is 0. The van der Waals surface area contributed by atoms with Gasteiger partial charge in [-0.1, -0.05) is 36.8 Å². The van der Waals surface area contributed by atoms with E-state index in [1.54, 1.807) is 24.4 Å². The summed E-state index contributed by atoms with van der Waals surface area (Å²) in [5.41, 5.74) is 7.68. The quantitative estimate of drug-likeness (QED) is 0.352. The lowest BCUT2D eigenvalue weighted by molar-refractivity contribution is -0.384. The van der Waals surface area contributed by atoms with E-state index in [0.717, 1.165) is 27.9 Å². The molecule has 1 atom stereocenters. The van der Waals surface area contributed by atoms with Crippen LogP contribution < -0.4 is 5.43 Å². The molecule has 6 nitrogen and oxygen atoms in total. The van der Waals surface area contributed by atoms with Crippen molar-refractivity contribution in [1.29, 1.82) is 0 Å². The summed E-state index contributed by atoms with van der Waals surface area (Å²) in [6.07, 6.45) is 1.60. The van der Waals surface area contributed by atoms with Gasteiger partial charge in [-0.3, -0.25) is 15.5 Å². The van der Waals surface area contributed by atoms with Crippen LogP contribution in [0.5, 0.6) is 5.75 Å². The predicted octanol–water partition coefficient (Wildman–Crippen LogP) is 5.21. The molecule has 0 aliphatic rings. The summed E-state index contributed by atoms with van der Waals surface area (Å²) in [5, 5.41) is 24.9. The average Bonchev–Trinajstić information content (AvgIpc) is 2.70. The number of anilines is 1. The fourth-order valence-electron chi connectivity index (χ4n) is 2.91. The largest absolute Gasteiger partial charge is 0.508 e. The average molecular weight is 375 g/mol. The predicted molar refractivity (Wildman–Crippen MR) is 111 cm³/mol. The number of nitrogens with one attached hydrogen (secondary N) is 1. The Balaban J connectivity index is 1.65. The Labute approximate surface area is 163 Å². The molecule has 0 radical (unpaired) electrons. The standard InChI is InChI=1S/C22H21N3O3/c1-15-3-12-22(26)21(13-15)16(2)18-6-8-19(9-7-18)24-23-14-17-4-10-20(11-5-17)25(27)28/h3-14,16,24,26H,1-2H3/b23-14+/t16-/m1/s1. The summed E-state index contributed by atoms with van der Waals surface area (Å²) in [5.74, 6) is 0.366. The Morgan fingerprint density at radius 2 is 1.75 bits per heavy atom. The van der Waals surface area contributed by atoms with Crippen LogP contribution >= 0.6 is 0 Å². The van der Waals surface area contributed by atoms with E-state index in [9.17, 15) is 15.2 Å². The smallest absolute Gasteiger partial charge is 0.269 e. The molecule has 0 unspecified atom stereocenters. The number of aromatic hydroxyl groups is 1. The lowest BCUT2D eigenvalue weighted by Gasteiger charge is -2.15. The molecule has 0 aliphatic carbocycles. The number of rotatable bonds is 6. The van der Waals surface area contributed by atoms with Crippen molar-refractivity contribution in [3.8, 4) is 5.75 Å². The molecular formula is C22H21N3O3. The zero-order chi connectivity index (χ0) is 20.1. The fraction of sp³-hybridized carbons (Fsp3) is 0.136. The molecule has 0 amide bonds. The van der Waals surface area contributed by atoms with Crippen molar-refractivity contribution in [2.75, 3.05) is 5.43 Å². The van der Waals surface area contributed by atoms with Crippen molar-refractivity contribution in [1.82, 2.24) is 0 Å². The molecule has 2 N–H and O–H groups in total. The maximum atomic E-state index is 10.7. The number of nitrogens with zero attached hydrogens (tertiary/aromatic N) is 2. The Kier molecular flexibility index (Phi) is 5.69. The van der Waals surface area contributed by atoms with E-state index in [1.807, 2.05) is 43.3 Å². The van der Waals surface area contributed by atoms with Crippen LogP contribution in [0.15, 0.2) is 71.8 Å². The van der Waals surface area contributed by atoms with Gasteiger partial charge in [0.15, 0.2) is 0 Å². The monoisotopic (exact) mass is 375 g/mol. The van der Waals surface area contributed by atoms with Crippen molar-refractivity contribution in [2.45, 2.75) is 19.8 Å². The molecule has 0 aromatic heterocycles. The van der Waals surface area contributed by atoms with E-state index in [2.05, 4.69) is 17.5 Å². The molecule has 0 heterocycles. The maximum Gasteiger partial charge on any atom is 0.269 e. The van der Waals surface area contributed by atoms with Crippen LogP contribution in [0.3, 0.4) is 0 Å². The number of nitro groups is 1. The number of hydrogen-bond acceptors (Lipinski definition) is 5. The molecule has 0 spiro atoms. The number of phenolic OH excluding ortho intramolecular Hbond substituents is 1. The Bertz CT molecular complexity index is 997. The summed E-state index contributed by atoms with van der Waals surface area (Å²) >= 11 is 0. The summed E-state index contributed by atoms with van der Waals surface area (Å²) in [6, 6.07) is 19.6. The van der Waals surface area contributed by atoms with E-state index in [0.29, 0.717) is 5.75 Å². The molecule has 6 heteroatoms. The number of nitro benzene ring substituents is 1. The van der Waals surface area contributed by atoms with Gasteiger partial charge in [-0.05, 0) is 48.4 Å². The maximum absolute atomic E-state index is 10.7. The Morgan fingerprint density at radius 3 is 2.39 bits per heavy atom. The zero-order valence-corrected chi connectivity index (χ0v) is 15.7. The van der Waals surface area contributed by atoms with Crippen LogP contribution in [-0.2, 0) is 0 Å². The molecule has 28 heavy (non-hydrogen) atoms. The normalized spacial score (nSPS) is 12.1. The first-order chi connectivity index (χ1) is 13.4. The highest BCUT2D eigenvalue weighted by atomic mass is 16.6. The van der Waals surface area contributed by atoms with Crippen LogP contribution in [0.4, 0.5) is 11.4 Å². The van der Waals surface area contributed by atoms with Crippen molar-refractivity contribution in [3.63, 3.8) is 0 Å². The first-order valence-electron chi connectivity index (χ1n) is 8.87. The van der Waals surface area contributed by atoms with Gasteiger partial charge in [-0.2, -0.15) is 5.10 Å². The van der Waals surface area contributed by atoms with Crippen molar-refractivity contribution in [2.24, 2.45) is 5.10 Å². The van der Waals surface area contributed by atoms with Gasteiger partial charge in [0.05, 0.1) is 16.8 Å². The second-order valence-corrected chi connectivity index (χ2v) is 6.62. The number of phenols is 1. The number of hydrazone groups is 1. The van der Waals surface area contributed by atoms with Crippen molar-refractivity contribution in [3.05, 3.63) is 99.1 Å². The summed E-state index contributed by atoms with van der Waals surface area (Å²) in [6.45, 7) is 4.06. The number of hydrogen-bond donors (Lipinski definition) is 2. The van der Waals surface area contributed by atoms with Gasteiger partial charge in [-0.15, -0.1) is 0 Å². The number of aryl methyl sites for hydroxylation is 1. The van der Waals surface area contributed by atoms with Gasteiger partial charge in [0, 0.05) is 23.6 Å². The van der Waals surface area contributed by atoms with E-state index in [1.165, 1.54) is 12.1 Å². The first kappa shape index (κ1) is 19.1. The molecule has 0 bridgehead atoms. The first-order valence-corrected chi connectivity index (χ1v) is 8.87. The zero-order valence-electron chi connectivity index (χ0n) is 15.7. The number of non-ortho nitro benzene ring substituents is 1. The lowest BCUT2D eigenvalue weighted by Crippen LogP contribution is -1.98. The topological polar surface area (TPSA) is 87.8 Å². The van der Waals surface area contributed by atoms with Gasteiger partial charge in [-0.25, -0.2) is 0 Å². The molecule has 0 fully saturated rings. The lowest BCUT2D eigenvalue weighted by atomic mass is 9.91. The Hall–Kier alpha value is -3.67. The Morgan fingerprint density at radius 1 is 1.07 bits per heavy atom. The minimum absolute atomic E-state index is 0.0504. The molecule has 0 saturated carbocycles. The van der Waals surface area contributed by atoms with E-state index >= 15 is 0 Å². The summed E-state index contributed by atoms with van der Waals surface area (Å²) in [4.78, 5) is 10.2. The molecular weight excluding hydrogens is 354 g/mol. The van der Waals surface area contributed by atoms with E-state index in [4.69, 9.17) is 0 Å². The minimum atomic E-state index is -0.432. The van der Waals surface area contributed by atoms with Crippen molar-refractivity contribution < 1.29 is 10.0 Å². The third kappa shape index (κ3) is 4.54. The molecule has 3 aromatic rings. The van der Waals surface area contributed by atoms with Crippen LogP contribution in [0, 0.1) is 17.0 Å². The van der Waals surface area contributed by atoms with Crippen LogP contribution in [0.2, 0.25) is 0 Å². The van der Waals surface area contributed by atoms with Crippen LogP contribution in [0.1, 0.15) is 35.1 Å². The van der Waals surface area contributed by atoms with Gasteiger partial charge in [0.1, 0.15) is 5.75 Å². The molecule has 0 aliphatic heterocycles. The molecule has 3 rings (SSSR count). The van der Waals surface area contributed by atoms with E-state index in [-0.39, 0.29) is 11.6 Å². The third-order valence-electron chi connectivity index (χ3n) is 4.57. The van der Waals surface area contributed by atoms with Gasteiger partial charge in [0.25, 0.3) is 5.69 Å². The van der Waals surface area contributed by atoms with Gasteiger partial charge >= 0.3 is 0 Å². The highest BCUT2D eigenvalue weighted by molar-refractivity contribution is 5.80. The summed E-state index contributed by atoms with van der Waals surface area (Å²) in [7, 11) is 0. The number of benzene rings is 3. The molecule has 0 saturated heterocycles. The van der Waals surface area contributed by atoms with E-state index < -0.39 is 4.92 Å². The highest BCUT2D eigenvalue weighted by Crippen LogP contribution is 2.32. The molecule has 3 aromatic carbocycles. The minimum Gasteiger partial charge on any atom is -0.508 e. The van der Waals surface area contributed by atoms with Crippen LogP contribution in [-0.4, -0.2) is 16.2 Å². The third-order valence-corrected chi connectivity index (χ3v) is 4.57.